The maximum absolute atomic E-state index is 11.6. The van der Waals surface area contributed by atoms with Crippen molar-refractivity contribution in [2.24, 2.45) is 0 Å². The molecule has 1 aliphatic heterocycles. The number of thioether (sulfide) groups is 1. The lowest BCUT2D eigenvalue weighted by atomic mass is 9.99. The van der Waals surface area contributed by atoms with Crippen molar-refractivity contribution in [2.45, 2.75) is 61.5 Å². The molecule has 0 unspecified atom stereocenters. The Labute approximate surface area is 241 Å². The van der Waals surface area contributed by atoms with E-state index in [4.69, 9.17) is 18.9 Å². The molecule has 1 saturated heterocycles. The Morgan fingerprint density at radius 2 is 1.15 bits per heavy atom. The summed E-state index contributed by atoms with van der Waals surface area (Å²) < 4.78 is 25.6. The fourth-order valence-corrected chi connectivity index (χ4v) is 5.72. The van der Waals surface area contributed by atoms with Crippen LogP contribution in [-0.4, -0.2) is 41.6 Å². The summed E-state index contributed by atoms with van der Waals surface area (Å²) in [6.07, 6.45) is -2.52. The molecule has 0 spiro atoms. The Bertz CT molecular complexity index is 1270. The quantitative estimate of drug-likeness (QED) is 0.213. The molecule has 208 valence electrons. The molecule has 1 N–H and O–H groups in total. The maximum atomic E-state index is 11.6. The molecule has 0 bridgehead atoms. The van der Waals surface area contributed by atoms with E-state index < -0.39 is 29.9 Å². The van der Waals surface area contributed by atoms with E-state index in [9.17, 15) is 5.11 Å². The first-order valence-electron chi connectivity index (χ1n) is 13.7. The lowest BCUT2D eigenvalue weighted by molar-refractivity contribution is -0.243. The summed E-state index contributed by atoms with van der Waals surface area (Å²) in [5, 5.41) is 11.6. The van der Waals surface area contributed by atoms with Gasteiger partial charge in [0.2, 0.25) is 0 Å². The third kappa shape index (κ3) is 8.04. The van der Waals surface area contributed by atoms with Crippen molar-refractivity contribution < 1.29 is 24.1 Å². The fourth-order valence-electron chi connectivity index (χ4n) is 4.67. The number of aryl methyl sites for hydroxylation is 1. The summed E-state index contributed by atoms with van der Waals surface area (Å²) in [4.78, 5) is 1.02. The van der Waals surface area contributed by atoms with Crippen LogP contribution in [-0.2, 0) is 38.8 Å². The molecule has 5 nitrogen and oxygen atoms in total. The first kappa shape index (κ1) is 28.6. The van der Waals surface area contributed by atoms with Gasteiger partial charge in [-0.2, -0.15) is 0 Å². The van der Waals surface area contributed by atoms with Gasteiger partial charge in [0, 0.05) is 4.90 Å². The Morgan fingerprint density at radius 1 is 0.650 bits per heavy atom. The van der Waals surface area contributed by atoms with Gasteiger partial charge < -0.3 is 24.1 Å². The average molecular weight is 557 g/mol. The molecule has 0 radical (unpaired) electrons. The second kappa shape index (κ2) is 14.6. The maximum Gasteiger partial charge on any atom is 0.136 e. The molecule has 1 fully saturated rings. The Hall–Kier alpha value is -2.97. The van der Waals surface area contributed by atoms with Crippen molar-refractivity contribution in [1.29, 1.82) is 0 Å². The van der Waals surface area contributed by atoms with Crippen molar-refractivity contribution in [3.63, 3.8) is 0 Å². The number of rotatable bonds is 12. The van der Waals surface area contributed by atoms with Gasteiger partial charge in [0.15, 0.2) is 0 Å². The van der Waals surface area contributed by atoms with Crippen molar-refractivity contribution in [2.75, 3.05) is 6.61 Å². The van der Waals surface area contributed by atoms with Crippen LogP contribution >= 0.6 is 11.8 Å². The van der Waals surface area contributed by atoms with E-state index in [0.29, 0.717) is 26.4 Å². The molecule has 40 heavy (non-hydrogen) atoms. The third-order valence-electron chi connectivity index (χ3n) is 6.85. The van der Waals surface area contributed by atoms with Crippen LogP contribution < -0.4 is 0 Å². The van der Waals surface area contributed by atoms with Gasteiger partial charge in [-0.25, -0.2) is 0 Å². The largest absolute Gasteiger partial charge is 0.387 e. The van der Waals surface area contributed by atoms with Gasteiger partial charge in [-0.15, -0.1) is 0 Å². The van der Waals surface area contributed by atoms with Crippen molar-refractivity contribution in [3.05, 3.63) is 138 Å². The van der Waals surface area contributed by atoms with Crippen LogP contribution in [0, 0.1) is 6.92 Å². The number of hydrogen-bond acceptors (Lipinski definition) is 6. The molecular formula is C34H36O5S. The monoisotopic (exact) mass is 556 g/mol. The average Bonchev–Trinajstić information content (AvgIpc) is 3.00. The molecule has 0 amide bonds. The minimum atomic E-state index is -0.916. The molecule has 1 heterocycles. The third-order valence-corrected chi connectivity index (χ3v) is 8.02. The van der Waals surface area contributed by atoms with Gasteiger partial charge >= 0.3 is 0 Å². The highest BCUT2D eigenvalue weighted by molar-refractivity contribution is 7.99. The van der Waals surface area contributed by atoms with Gasteiger partial charge in [-0.3, -0.25) is 0 Å². The minimum Gasteiger partial charge on any atom is -0.387 e. The van der Waals surface area contributed by atoms with Gasteiger partial charge in [0.25, 0.3) is 0 Å². The molecule has 1 aliphatic rings. The van der Waals surface area contributed by atoms with Crippen LogP contribution in [0.2, 0.25) is 0 Å². The first-order valence-corrected chi connectivity index (χ1v) is 14.5. The van der Waals surface area contributed by atoms with Crippen LogP contribution in [0.3, 0.4) is 0 Å². The molecule has 6 heteroatoms. The first-order chi connectivity index (χ1) is 19.7. The number of benzene rings is 4. The Balaban J connectivity index is 1.37. The van der Waals surface area contributed by atoms with E-state index in [2.05, 4.69) is 31.2 Å². The highest BCUT2D eigenvalue weighted by Gasteiger charge is 2.47. The summed E-state index contributed by atoms with van der Waals surface area (Å²) in [7, 11) is 0. The number of ether oxygens (including phenoxy) is 4. The molecule has 4 aromatic rings. The zero-order valence-corrected chi connectivity index (χ0v) is 23.5. The van der Waals surface area contributed by atoms with Crippen molar-refractivity contribution in [3.8, 4) is 0 Å². The molecule has 0 aliphatic carbocycles. The van der Waals surface area contributed by atoms with Gasteiger partial charge in [0.1, 0.15) is 29.9 Å². The SMILES string of the molecule is Cc1ccc(S[C@@H]2O[C@H](COCc3ccccc3)[C@@H](OCc3ccccc3)[C@H](OCc3ccccc3)[C@H]2O)cc1. The lowest BCUT2D eigenvalue weighted by Crippen LogP contribution is -2.59. The van der Waals surface area contributed by atoms with Crippen LogP contribution in [0.5, 0.6) is 0 Å². The number of hydrogen-bond donors (Lipinski definition) is 1. The lowest BCUT2D eigenvalue weighted by Gasteiger charge is -2.44. The topological polar surface area (TPSA) is 57.2 Å². The second-order valence-electron chi connectivity index (χ2n) is 9.99. The standard InChI is InChI=1S/C34H36O5S/c1-25-17-19-29(20-18-25)40-34-31(35)33(38-23-28-15-9-4-10-16-28)32(37-22-27-13-7-3-8-14-27)30(39-34)24-36-21-26-11-5-2-6-12-26/h2-20,30-35H,21-24H2,1H3/t30-,31-,32-,33-,34+/m1/s1. The summed E-state index contributed by atoms with van der Waals surface area (Å²) >= 11 is 1.49. The zero-order chi connectivity index (χ0) is 27.6. The Kier molecular flexibility index (Phi) is 10.4. The zero-order valence-electron chi connectivity index (χ0n) is 22.7. The minimum absolute atomic E-state index is 0.303. The number of aliphatic hydroxyl groups is 1. The Morgan fingerprint density at radius 3 is 1.70 bits per heavy atom. The summed E-state index contributed by atoms with van der Waals surface area (Å²) in [6, 6.07) is 38.3. The summed E-state index contributed by atoms with van der Waals surface area (Å²) in [5.74, 6) is 0. The van der Waals surface area contributed by atoms with E-state index in [1.54, 1.807) is 0 Å². The highest BCUT2D eigenvalue weighted by atomic mass is 32.2. The molecule has 4 aromatic carbocycles. The molecule has 0 aromatic heterocycles. The van der Waals surface area contributed by atoms with Crippen molar-refractivity contribution >= 4 is 11.8 Å². The predicted octanol–water partition coefficient (Wildman–Crippen LogP) is 6.56. The number of aliphatic hydroxyl groups excluding tert-OH is 1. The highest BCUT2D eigenvalue weighted by Crippen LogP contribution is 2.36. The molecule has 5 rings (SSSR count). The molecular weight excluding hydrogens is 520 g/mol. The normalized spacial score (nSPS) is 22.7. The summed E-state index contributed by atoms with van der Waals surface area (Å²) in [5.41, 5.74) is 3.79. The van der Waals surface area contributed by atoms with Crippen molar-refractivity contribution in [1.82, 2.24) is 0 Å². The smallest absolute Gasteiger partial charge is 0.136 e. The van der Waals surface area contributed by atoms with Gasteiger partial charge in [0.05, 0.1) is 26.4 Å². The van der Waals surface area contributed by atoms with E-state index in [1.165, 1.54) is 17.3 Å². The van der Waals surface area contributed by atoms with Gasteiger partial charge in [-0.1, -0.05) is 120 Å². The van der Waals surface area contributed by atoms with Crippen LogP contribution in [0.25, 0.3) is 0 Å². The molecule has 5 atom stereocenters. The van der Waals surface area contributed by atoms with E-state index >= 15 is 0 Å². The molecule has 0 saturated carbocycles. The fraction of sp³-hybridized carbons (Fsp3) is 0.294. The van der Waals surface area contributed by atoms with E-state index in [0.717, 1.165) is 21.6 Å². The van der Waals surface area contributed by atoms with E-state index in [1.807, 2.05) is 91.0 Å². The summed E-state index contributed by atoms with van der Waals surface area (Å²) in [6.45, 7) is 3.55. The van der Waals surface area contributed by atoms with Gasteiger partial charge in [-0.05, 0) is 35.7 Å². The second-order valence-corrected chi connectivity index (χ2v) is 11.2. The van der Waals surface area contributed by atoms with Crippen LogP contribution in [0.4, 0.5) is 0 Å². The van der Waals surface area contributed by atoms with E-state index in [-0.39, 0.29) is 0 Å². The van der Waals surface area contributed by atoms with Crippen LogP contribution in [0.15, 0.2) is 120 Å². The van der Waals surface area contributed by atoms with Crippen LogP contribution in [0.1, 0.15) is 22.3 Å². The predicted molar refractivity (Wildman–Crippen MR) is 158 cm³/mol.